The molecule has 0 unspecified atom stereocenters. The Bertz CT molecular complexity index is 991. The van der Waals surface area contributed by atoms with E-state index in [9.17, 15) is 26.4 Å². The largest absolute Gasteiger partial charge is 0.573 e. The van der Waals surface area contributed by atoms with Crippen LogP contribution in [0.5, 0.6) is 5.75 Å². The summed E-state index contributed by atoms with van der Waals surface area (Å²) < 4.78 is 72.2. The molecule has 0 atom stereocenters. The molecule has 2 heterocycles. The number of alkyl halides is 3. The normalized spacial score (nSPS) is 16.0. The van der Waals surface area contributed by atoms with E-state index in [1.54, 1.807) is 18.7 Å². The minimum atomic E-state index is -4.85. The number of carbonyl (C=O) groups is 1. The van der Waals surface area contributed by atoms with Gasteiger partial charge in [-0.25, -0.2) is 8.42 Å². The molecular weight excluding hydrogens is 427 g/mol. The molecule has 8 nitrogen and oxygen atoms in total. The maximum Gasteiger partial charge on any atom is 0.573 e. The molecule has 0 saturated carbocycles. The van der Waals surface area contributed by atoms with Crippen molar-refractivity contribution in [1.29, 1.82) is 0 Å². The van der Waals surface area contributed by atoms with E-state index in [1.165, 1.54) is 4.31 Å². The highest BCUT2D eigenvalue weighted by atomic mass is 32.2. The van der Waals surface area contributed by atoms with E-state index >= 15 is 0 Å². The second-order valence-corrected chi connectivity index (χ2v) is 8.72. The number of hydrogen-bond acceptors (Lipinski definition) is 6. The van der Waals surface area contributed by atoms with Gasteiger partial charge < -0.3 is 14.2 Å². The lowest BCUT2D eigenvalue weighted by Crippen LogP contribution is -2.50. The Morgan fingerprint density at radius 2 is 1.73 bits per heavy atom. The lowest BCUT2D eigenvalue weighted by atomic mass is 10.1. The molecule has 3 rings (SSSR count). The fourth-order valence-electron chi connectivity index (χ4n) is 3.16. The summed E-state index contributed by atoms with van der Waals surface area (Å²) in [6.45, 7) is 4.03. The van der Waals surface area contributed by atoms with Crippen molar-refractivity contribution < 1.29 is 35.6 Å². The zero-order valence-corrected chi connectivity index (χ0v) is 17.1. The van der Waals surface area contributed by atoms with Gasteiger partial charge >= 0.3 is 6.36 Å². The molecule has 1 aliphatic rings. The van der Waals surface area contributed by atoms with Crippen LogP contribution in [0.3, 0.4) is 0 Å². The molecule has 0 radical (unpaired) electrons. The maximum atomic E-state index is 12.7. The Morgan fingerprint density at radius 1 is 1.13 bits per heavy atom. The van der Waals surface area contributed by atoms with Gasteiger partial charge in [-0.05, 0) is 38.1 Å². The van der Waals surface area contributed by atoms with Gasteiger partial charge in [-0.1, -0.05) is 5.16 Å². The Hall–Kier alpha value is -2.60. The number of amides is 1. The fraction of sp³-hybridized carbons (Fsp3) is 0.444. The van der Waals surface area contributed by atoms with E-state index in [4.69, 9.17) is 4.52 Å². The number of sulfonamides is 1. The Morgan fingerprint density at radius 3 is 2.23 bits per heavy atom. The molecule has 0 N–H and O–H groups in total. The third-order valence-corrected chi connectivity index (χ3v) is 6.71. The Balaban J connectivity index is 1.61. The summed E-state index contributed by atoms with van der Waals surface area (Å²) in [7, 11) is -3.90. The van der Waals surface area contributed by atoms with Crippen molar-refractivity contribution in [3.63, 3.8) is 0 Å². The quantitative estimate of drug-likeness (QED) is 0.698. The van der Waals surface area contributed by atoms with Crippen LogP contribution in [-0.4, -0.2) is 61.2 Å². The van der Waals surface area contributed by atoms with Crippen LogP contribution in [0.4, 0.5) is 13.2 Å². The summed E-state index contributed by atoms with van der Waals surface area (Å²) in [6.07, 6.45) is -4.73. The van der Waals surface area contributed by atoms with Crippen LogP contribution < -0.4 is 4.74 Å². The molecule has 164 valence electrons. The van der Waals surface area contributed by atoms with Crippen molar-refractivity contribution in [2.24, 2.45) is 0 Å². The zero-order chi connectivity index (χ0) is 22.1. The molecule has 30 heavy (non-hydrogen) atoms. The number of aryl methyl sites for hydroxylation is 2. The molecule has 1 saturated heterocycles. The number of hydrogen-bond donors (Lipinski definition) is 0. The molecule has 0 spiro atoms. The monoisotopic (exact) mass is 447 g/mol. The summed E-state index contributed by atoms with van der Waals surface area (Å²) in [6, 6.07) is 4.02. The van der Waals surface area contributed by atoms with Gasteiger partial charge in [0.15, 0.2) is 0 Å². The van der Waals surface area contributed by atoms with Crippen molar-refractivity contribution in [3.8, 4) is 5.75 Å². The highest BCUT2D eigenvalue weighted by Gasteiger charge is 2.33. The van der Waals surface area contributed by atoms with Gasteiger partial charge in [-0.2, -0.15) is 4.31 Å². The Labute approximate surface area is 171 Å². The van der Waals surface area contributed by atoms with Crippen molar-refractivity contribution in [2.45, 2.75) is 31.5 Å². The second kappa shape index (κ2) is 8.26. The number of benzene rings is 1. The number of halogens is 3. The summed E-state index contributed by atoms with van der Waals surface area (Å²) in [5.74, 6) is -0.0914. The van der Waals surface area contributed by atoms with E-state index in [-0.39, 0.29) is 43.4 Å². The summed E-state index contributed by atoms with van der Waals surface area (Å²) in [5, 5.41) is 3.81. The van der Waals surface area contributed by atoms with Crippen molar-refractivity contribution in [1.82, 2.24) is 14.4 Å². The summed E-state index contributed by atoms with van der Waals surface area (Å²) in [5.41, 5.74) is 1.36. The van der Waals surface area contributed by atoms with Gasteiger partial charge in [-0.15, -0.1) is 13.2 Å². The SMILES string of the molecule is Cc1noc(C)c1CC(=O)N1CCN(S(=O)(=O)c2ccc(OC(F)(F)F)cc2)CC1. The predicted molar refractivity (Wildman–Crippen MR) is 98.1 cm³/mol. The molecule has 1 fully saturated rings. The van der Waals surface area contributed by atoms with Gasteiger partial charge in [0.05, 0.1) is 17.0 Å². The lowest BCUT2D eigenvalue weighted by Gasteiger charge is -2.34. The van der Waals surface area contributed by atoms with Crippen LogP contribution in [0, 0.1) is 13.8 Å². The molecule has 12 heteroatoms. The van der Waals surface area contributed by atoms with Gasteiger partial charge in [0.1, 0.15) is 11.5 Å². The molecule has 0 aliphatic carbocycles. The van der Waals surface area contributed by atoms with Crippen LogP contribution in [0.25, 0.3) is 0 Å². The van der Waals surface area contributed by atoms with Crippen molar-refractivity contribution in [3.05, 3.63) is 41.3 Å². The van der Waals surface area contributed by atoms with Crippen LogP contribution in [0.2, 0.25) is 0 Å². The van der Waals surface area contributed by atoms with E-state index in [2.05, 4.69) is 9.89 Å². The van der Waals surface area contributed by atoms with Crippen molar-refractivity contribution in [2.75, 3.05) is 26.2 Å². The lowest BCUT2D eigenvalue weighted by molar-refractivity contribution is -0.274. The number of ether oxygens (including phenoxy) is 1. The topological polar surface area (TPSA) is 93.0 Å². The van der Waals surface area contributed by atoms with Crippen LogP contribution in [0.15, 0.2) is 33.7 Å². The number of carbonyl (C=O) groups excluding carboxylic acids is 1. The first-order valence-corrected chi connectivity index (χ1v) is 10.5. The number of nitrogens with zero attached hydrogens (tertiary/aromatic N) is 3. The first-order chi connectivity index (χ1) is 14.0. The number of piperazine rings is 1. The minimum Gasteiger partial charge on any atom is -0.406 e. The third kappa shape index (κ3) is 4.93. The average Bonchev–Trinajstić information content (AvgIpc) is 2.99. The van der Waals surface area contributed by atoms with Crippen LogP contribution in [-0.2, 0) is 21.2 Å². The first kappa shape index (κ1) is 22.1. The molecular formula is C18H20F3N3O5S. The Kier molecular flexibility index (Phi) is 6.09. The summed E-state index contributed by atoms with van der Waals surface area (Å²) >= 11 is 0. The molecule has 2 aromatic rings. The number of aromatic nitrogens is 1. The maximum absolute atomic E-state index is 12.7. The van der Waals surface area contributed by atoms with Crippen LogP contribution >= 0.6 is 0 Å². The summed E-state index contributed by atoms with van der Waals surface area (Å²) in [4.78, 5) is 14.0. The van der Waals surface area contributed by atoms with Crippen molar-refractivity contribution >= 4 is 15.9 Å². The van der Waals surface area contributed by atoms with Gasteiger partial charge in [-0.3, -0.25) is 4.79 Å². The smallest absolute Gasteiger partial charge is 0.406 e. The fourth-order valence-corrected chi connectivity index (χ4v) is 4.58. The third-order valence-electron chi connectivity index (χ3n) is 4.80. The minimum absolute atomic E-state index is 0.0798. The zero-order valence-electron chi connectivity index (χ0n) is 16.3. The highest BCUT2D eigenvalue weighted by molar-refractivity contribution is 7.89. The predicted octanol–water partition coefficient (Wildman–Crippen LogP) is 2.27. The average molecular weight is 447 g/mol. The van der Waals surface area contributed by atoms with E-state index in [1.807, 2.05) is 0 Å². The standard InChI is InChI=1S/C18H20F3N3O5S/c1-12-16(13(2)29-22-12)11-17(25)23-7-9-24(10-8-23)30(26,27)15-5-3-14(4-6-15)28-18(19,20)21/h3-6H,7-11H2,1-2H3. The van der Waals surface area contributed by atoms with E-state index in [0.717, 1.165) is 29.8 Å². The highest BCUT2D eigenvalue weighted by Crippen LogP contribution is 2.25. The number of rotatable bonds is 5. The molecule has 1 aliphatic heterocycles. The van der Waals surface area contributed by atoms with Gasteiger partial charge in [0.2, 0.25) is 15.9 Å². The first-order valence-electron chi connectivity index (χ1n) is 9.03. The van der Waals surface area contributed by atoms with E-state index in [0.29, 0.717) is 11.5 Å². The van der Waals surface area contributed by atoms with Gasteiger partial charge in [0, 0.05) is 31.7 Å². The van der Waals surface area contributed by atoms with Gasteiger partial charge in [0.25, 0.3) is 0 Å². The van der Waals surface area contributed by atoms with E-state index < -0.39 is 22.1 Å². The van der Waals surface area contributed by atoms with Crippen LogP contribution in [0.1, 0.15) is 17.0 Å². The second-order valence-electron chi connectivity index (χ2n) is 6.78. The molecule has 0 bridgehead atoms. The molecule has 1 amide bonds. The molecule has 1 aromatic heterocycles. The molecule has 1 aromatic carbocycles.